The van der Waals surface area contributed by atoms with Crippen molar-refractivity contribution in [2.45, 2.75) is 0 Å². The van der Waals surface area contributed by atoms with Gasteiger partial charge in [-0.1, -0.05) is 6.07 Å². The number of benzene rings is 1. The van der Waals surface area contributed by atoms with E-state index in [2.05, 4.69) is 10.3 Å². The van der Waals surface area contributed by atoms with Crippen molar-refractivity contribution in [3.63, 3.8) is 0 Å². The molecule has 2 aromatic rings. The molecule has 2 rings (SSSR count). The van der Waals surface area contributed by atoms with Gasteiger partial charge in [-0.15, -0.1) is 0 Å². The molecule has 0 aliphatic carbocycles. The Morgan fingerprint density at radius 2 is 2.11 bits per heavy atom. The van der Waals surface area contributed by atoms with E-state index in [-0.39, 0.29) is 11.5 Å². The predicted octanol–water partition coefficient (Wildman–Crippen LogP) is 1.64. The normalized spacial score (nSPS) is 9.83. The Labute approximate surface area is 103 Å². The van der Waals surface area contributed by atoms with Gasteiger partial charge >= 0.3 is 0 Å². The molecule has 0 saturated carbocycles. The molecule has 1 aromatic carbocycles. The summed E-state index contributed by atoms with van der Waals surface area (Å²) in [6.45, 7) is 0. The highest BCUT2D eigenvalue weighted by Gasteiger charge is 2.06. The molecule has 1 amide bonds. The number of anilines is 1. The van der Waals surface area contributed by atoms with E-state index in [1.54, 1.807) is 31.4 Å². The van der Waals surface area contributed by atoms with Crippen LogP contribution in [0.1, 0.15) is 10.4 Å². The number of amides is 1. The second-order valence-corrected chi connectivity index (χ2v) is 3.63. The number of hydrogen-bond donors (Lipinski definition) is 2. The molecular formula is C13H12N2O3. The lowest BCUT2D eigenvalue weighted by molar-refractivity contribution is 0.102. The highest BCUT2D eigenvalue weighted by atomic mass is 16.5. The second kappa shape index (κ2) is 5.18. The Hall–Kier alpha value is -2.56. The van der Waals surface area contributed by atoms with E-state index < -0.39 is 0 Å². The maximum absolute atomic E-state index is 11.9. The lowest BCUT2D eigenvalue weighted by Crippen LogP contribution is -2.14. The number of aromatic nitrogens is 1. The lowest BCUT2D eigenvalue weighted by Gasteiger charge is -2.06. The molecule has 0 spiro atoms. The van der Waals surface area contributed by atoms with E-state index in [1.165, 1.54) is 18.3 Å². The van der Waals surface area contributed by atoms with Crippen molar-refractivity contribution in [2.75, 3.05) is 12.4 Å². The number of pyridine rings is 1. The summed E-state index contributed by atoms with van der Waals surface area (Å²) in [4.78, 5) is 25.2. The standard InChI is InChI=1S/C13H12N2O3/c1-18-11-4-2-3-10(7-11)15-13(17)9-5-6-12(16)14-8-9/h2-8H,1H3,(H,14,16)(H,15,17). The summed E-state index contributed by atoms with van der Waals surface area (Å²) in [6.07, 6.45) is 1.37. The Morgan fingerprint density at radius 1 is 1.28 bits per heavy atom. The van der Waals surface area contributed by atoms with Crippen LogP contribution in [-0.4, -0.2) is 18.0 Å². The first-order valence-electron chi connectivity index (χ1n) is 5.33. The first-order valence-corrected chi connectivity index (χ1v) is 5.33. The van der Waals surface area contributed by atoms with E-state index in [1.807, 2.05) is 0 Å². The summed E-state index contributed by atoms with van der Waals surface area (Å²) in [5, 5.41) is 2.71. The van der Waals surface area contributed by atoms with Gasteiger partial charge in [0.25, 0.3) is 5.91 Å². The van der Waals surface area contributed by atoms with Gasteiger partial charge in [0.15, 0.2) is 0 Å². The van der Waals surface area contributed by atoms with Gasteiger partial charge < -0.3 is 15.0 Å². The van der Waals surface area contributed by atoms with Crippen LogP contribution >= 0.6 is 0 Å². The lowest BCUT2D eigenvalue weighted by atomic mass is 10.2. The maximum atomic E-state index is 11.9. The summed E-state index contributed by atoms with van der Waals surface area (Å²) >= 11 is 0. The molecule has 0 bridgehead atoms. The van der Waals surface area contributed by atoms with Gasteiger partial charge in [-0.2, -0.15) is 0 Å². The number of nitrogens with one attached hydrogen (secondary N) is 2. The van der Waals surface area contributed by atoms with Crippen LogP contribution in [0, 0.1) is 0 Å². The largest absolute Gasteiger partial charge is 0.497 e. The Kier molecular flexibility index (Phi) is 3.43. The molecule has 0 aliphatic rings. The fourth-order valence-corrected chi connectivity index (χ4v) is 1.46. The fourth-order valence-electron chi connectivity index (χ4n) is 1.46. The van der Waals surface area contributed by atoms with Crippen LogP contribution in [0.2, 0.25) is 0 Å². The Bertz CT molecular complexity index is 599. The summed E-state index contributed by atoms with van der Waals surface area (Å²) in [5.74, 6) is 0.369. The van der Waals surface area contributed by atoms with E-state index >= 15 is 0 Å². The average Bonchev–Trinajstić information content (AvgIpc) is 2.39. The van der Waals surface area contributed by atoms with Gasteiger partial charge in [0.05, 0.1) is 12.7 Å². The van der Waals surface area contributed by atoms with Crippen LogP contribution in [0.25, 0.3) is 0 Å². The van der Waals surface area contributed by atoms with Gasteiger partial charge in [-0.05, 0) is 18.2 Å². The number of hydrogen-bond acceptors (Lipinski definition) is 3. The number of methoxy groups -OCH3 is 1. The van der Waals surface area contributed by atoms with Gasteiger partial charge in [-0.3, -0.25) is 9.59 Å². The second-order valence-electron chi connectivity index (χ2n) is 3.63. The number of carbonyl (C=O) groups is 1. The quantitative estimate of drug-likeness (QED) is 0.862. The van der Waals surface area contributed by atoms with Crippen molar-refractivity contribution in [3.8, 4) is 5.75 Å². The fraction of sp³-hybridized carbons (Fsp3) is 0.0769. The molecule has 2 N–H and O–H groups in total. The molecule has 92 valence electrons. The van der Waals surface area contributed by atoms with E-state index in [4.69, 9.17) is 4.74 Å². The van der Waals surface area contributed by atoms with Crippen molar-refractivity contribution >= 4 is 11.6 Å². The third kappa shape index (κ3) is 2.76. The molecule has 0 fully saturated rings. The third-order valence-corrected chi connectivity index (χ3v) is 2.37. The number of ether oxygens (including phenoxy) is 1. The van der Waals surface area contributed by atoms with Crippen LogP contribution in [0.15, 0.2) is 47.4 Å². The van der Waals surface area contributed by atoms with Gasteiger partial charge in [0, 0.05) is 24.0 Å². The van der Waals surface area contributed by atoms with Crippen LogP contribution in [0.4, 0.5) is 5.69 Å². The SMILES string of the molecule is COc1cccc(NC(=O)c2ccc(=O)[nH]c2)c1. The minimum absolute atomic E-state index is 0.243. The topological polar surface area (TPSA) is 71.2 Å². The minimum Gasteiger partial charge on any atom is -0.497 e. The van der Waals surface area contributed by atoms with Crippen molar-refractivity contribution in [2.24, 2.45) is 0 Å². The zero-order valence-electron chi connectivity index (χ0n) is 9.77. The number of H-pyrrole nitrogens is 1. The van der Waals surface area contributed by atoms with E-state index in [0.717, 1.165) is 0 Å². The molecule has 1 aromatic heterocycles. The first-order chi connectivity index (χ1) is 8.69. The van der Waals surface area contributed by atoms with E-state index in [0.29, 0.717) is 17.0 Å². The monoisotopic (exact) mass is 244 g/mol. The number of rotatable bonds is 3. The summed E-state index contributed by atoms with van der Waals surface area (Å²) in [7, 11) is 1.56. The molecule has 0 atom stereocenters. The van der Waals surface area contributed by atoms with Gasteiger partial charge in [0.2, 0.25) is 5.56 Å². The minimum atomic E-state index is -0.292. The smallest absolute Gasteiger partial charge is 0.257 e. The highest BCUT2D eigenvalue weighted by Crippen LogP contribution is 2.17. The van der Waals surface area contributed by atoms with Crippen molar-refractivity contribution in [3.05, 3.63) is 58.5 Å². The Balaban J connectivity index is 2.15. The number of carbonyl (C=O) groups excluding carboxylic acids is 1. The Morgan fingerprint density at radius 3 is 2.78 bits per heavy atom. The van der Waals surface area contributed by atoms with Crippen LogP contribution in [0.5, 0.6) is 5.75 Å². The highest BCUT2D eigenvalue weighted by molar-refractivity contribution is 6.04. The van der Waals surface area contributed by atoms with Crippen molar-refractivity contribution in [1.82, 2.24) is 4.98 Å². The average molecular weight is 244 g/mol. The summed E-state index contributed by atoms with van der Waals surface area (Å²) < 4.78 is 5.06. The maximum Gasteiger partial charge on any atom is 0.257 e. The molecule has 0 saturated heterocycles. The molecule has 0 unspecified atom stereocenters. The molecule has 18 heavy (non-hydrogen) atoms. The van der Waals surface area contributed by atoms with Crippen molar-refractivity contribution in [1.29, 1.82) is 0 Å². The van der Waals surface area contributed by atoms with Crippen molar-refractivity contribution < 1.29 is 9.53 Å². The molecule has 0 aliphatic heterocycles. The molecule has 0 radical (unpaired) electrons. The molecular weight excluding hydrogens is 232 g/mol. The first kappa shape index (κ1) is 11.9. The third-order valence-electron chi connectivity index (χ3n) is 2.37. The van der Waals surface area contributed by atoms with E-state index in [9.17, 15) is 9.59 Å². The summed E-state index contributed by atoms with van der Waals surface area (Å²) in [5.41, 5.74) is 0.774. The molecule has 1 heterocycles. The van der Waals surface area contributed by atoms with Crippen LogP contribution < -0.4 is 15.6 Å². The predicted molar refractivity (Wildman–Crippen MR) is 68.0 cm³/mol. The van der Waals surface area contributed by atoms with Crippen LogP contribution in [-0.2, 0) is 0 Å². The zero-order valence-corrected chi connectivity index (χ0v) is 9.77. The van der Waals surface area contributed by atoms with Gasteiger partial charge in [0.1, 0.15) is 5.75 Å². The molecule has 5 heteroatoms. The number of aromatic amines is 1. The zero-order chi connectivity index (χ0) is 13.0. The van der Waals surface area contributed by atoms with Gasteiger partial charge in [-0.25, -0.2) is 0 Å². The van der Waals surface area contributed by atoms with Crippen LogP contribution in [0.3, 0.4) is 0 Å². The summed E-state index contributed by atoms with van der Waals surface area (Å²) in [6, 6.07) is 9.81. The molecule has 5 nitrogen and oxygen atoms in total.